The van der Waals surface area contributed by atoms with Gasteiger partial charge in [0.2, 0.25) is 0 Å². The molecule has 124 valence electrons. The smallest absolute Gasteiger partial charge is 0.0338 e. The summed E-state index contributed by atoms with van der Waals surface area (Å²) >= 11 is 0. The second kappa shape index (κ2) is 8.19. The first kappa shape index (κ1) is 17.6. The zero-order valence-corrected chi connectivity index (χ0v) is 15.0. The van der Waals surface area contributed by atoms with Gasteiger partial charge < -0.3 is 5.32 Å². The number of benzene rings is 1. The summed E-state index contributed by atoms with van der Waals surface area (Å²) in [7, 11) is 0. The standard InChI is InChI=1S/C22H31N/c1-16(2)23-19(5)17(3)15-22-12-8-11-21(18(22)4)14-13-20-9-6-7-10-20/h8,11-12,15,20,23H,1,5-7,9-10,13-14H2,2-4H3/b17-15+. The normalized spacial score (nSPS) is 15.7. The van der Waals surface area contributed by atoms with Crippen LogP contribution in [-0.2, 0) is 6.42 Å². The van der Waals surface area contributed by atoms with Gasteiger partial charge in [-0.2, -0.15) is 0 Å². The highest BCUT2D eigenvalue weighted by Gasteiger charge is 2.15. The van der Waals surface area contributed by atoms with Crippen molar-refractivity contribution in [1.29, 1.82) is 0 Å². The van der Waals surface area contributed by atoms with Crippen molar-refractivity contribution in [1.82, 2.24) is 5.32 Å². The molecule has 0 unspecified atom stereocenters. The van der Waals surface area contributed by atoms with Gasteiger partial charge in [-0.25, -0.2) is 0 Å². The van der Waals surface area contributed by atoms with E-state index >= 15 is 0 Å². The molecule has 1 heteroatoms. The van der Waals surface area contributed by atoms with Crippen molar-refractivity contribution in [3.8, 4) is 0 Å². The maximum absolute atomic E-state index is 4.09. The first-order valence-electron chi connectivity index (χ1n) is 8.86. The summed E-state index contributed by atoms with van der Waals surface area (Å²) < 4.78 is 0. The molecule has 23 heavy (non-hydrogen) atoms. The molecule has 0 heterocycles. The number of aryl methyl sites for hydroxylation is 1. The molecule has 0 aromatic heterocycles. The van der Waals surface area contributed by atoms with Crippen LogP contribution in [0.5, 0.6) is 0 Å². The van der Waals surface area contributed by atoms with Gasteiger partial charge in [-0.05, 0) is 67.9 Å². The molecule has 1 saturated carbocycles. The van der Waals surface area contributed by atoms with Crippen LogP contribution in [0.2, 0.25) is 0 Å². The van der Waals surface area contributed by atoms with Crippen LogP contribution in [-0.4, -0.2) is 0 Å². The van der Waals surface area contributed by atoms with Crippen molar-refractivity contribution in [3.63, 3.8) is 0 Å². The lowest BCUT2D eigenvalue weighted by Gasteiger charge is -2.14. The molecule has 0 atom stereocenters. The molecule has 1 aromatic rings. The Morgan fingerprint density at radius 2 is 1.91 bits per heavy atom. The first-order chi connectivity index (χ1) is 11.0. The first-order valence-corrected chi connectivity index (χ1v) is 8.86. The molecule has 0 amide bonds. The Morgan fingerprint density at radius 1 is 1.22 bits per heavy atom. The minimum atomic E-state index is 0.921. The molecular weight excluding hydrogens is 278 g/mol. The van der Waals surface area contributed by atoms with E-state index in [4.69, 9.17) is 0 Å². The molecule has 1 aromatic carbocycles. The summed E-state index contributed by atoms with van der Waals surface area (Å²) in [4.78, 5) is 0. The fourth-order valence-electron chi connectivity index (χ4n) is 3.47. The second-order valence-electron chi connectivity index (χ2n) is 7.03. The van der Waals surface area contributed by atoms with Gasteiger partial charge in [0.05, 0.1) is 0 Å². The fourth-order valence-corrected chi connectivity index (χ4v) is 3.47. The van der Waals surface area contributed by atoms with Crippen molar-refractivity contribution in [3.05, 3.63) is 65.0 Å². The third-order valence-electron chi connectivity index (χ3n) is 5.00. The maximum atomic E-state index is 4.09. The zero-order valence-electron chi connectivity index (χ0n) is 15.0. The Labute approximate surface area is 142 Å². The summed E-state index contributed by atoms with van der Waals surface area (Å²) in [6, 6.07) is 6.68. The fraction of sp³-hybridized carbons (Fsp3) is 0.455. The van der Waals surface area contributed by atoms with Gasteiger partial charge in [-0.15, -0.1) is 0 Å². The second-order valence-corrected chi connectivity index (χ2v) is 7.03. The molecule has 0 radical (unpaired) electrons. The van der Waals surface area contributed by atoms with Gasteiger partial charge >= 0.3 is 0 Å². The average molecular weight is 309 g/mol. The number of rotatable bonds is 7. The van der Waals surface area contributed by atoms with Crippen molar-refractivity contribution < 1.29 is 0 Å². The Hall–Kier alpha value is -1.76. The molecule has 0 bridgehead atoms. The Bertz CT molecular complexity index is 600. The SMILES string of the molecule is C=C(C)NC(=C)/C(C)=C/c1cccc(CCC2CCCC2)c1C. The highest BCUT2D eigenvalue weighted by Crippen LogP contribution is 2.29. The topological polar surface area (TPSA) is 12.0 Å². The van der Waals surface area contributed by atoms with Gasteiger partial charge in [0.25, 0.3) is 0 Å². The molecule has 1 fully saturated rings. The van der Waals surface area contributed by atoms with Crippen LogP contribution in [0.4, 0.5) is 0 Å². The van der Waals surface area contributed by atoms with E-state index < -0.39 is 0 Å². The van der Waals surface area contributed by atoms with E-state index in [1.54, 1.807) is 0 Å². The van der Waals surface area contributed by atoms with Crippen LogP contribution in [0.15, 0.2) is 48.3 Å². The van der Waals surface area contributed by atoms with Crippen molar-refractivity contribution in [2.45, 2.75) is 59.3 Å². The maximum Gasteiger partial charge on any atom is 0.0338 e. The largest absolute Gasteiger partial charge is 0.360 e. The Kier molecular flexibility index (Phi) is 6.27. The van der Waals surface area contributed by atoms with Crippen LogP contribution in [0.1, 0.15) is 62.6 Å². The lowest BCUT2D eigenvalue weighted by Crippen LogP contribution is -2.09. The van der Waals surface area contributed by atoms with E-state index in [0.717, 1.165) is 22.9 Å². The van der Waals surface area contributed by atoms with E-state index in [1.807, 2.05) is 6.92 Å². The quantitative estimate of drug-likeness (QED) is 0.595. The minimum absolute atomic E-state index is 0.921. The third-order valence-corrected chi connectivity index (χ3v) is 5.00. The van der Waals surface area contributed by atoms with Crippen molar-refractivity contribution >= 4 is 6.08 Å². The van der Waals surface area contributed by atoms with E-state index in [0.29, 0.717) is 0 Å². The molecule has 2 rings (SSSR count). The van der Waals surface area contributed by atoms with E-state index in [2.05, 4.69) is 56.6 Å². The zero-order chi connectivity index (χ0) is 16.8. The average Bonchev–Trinajstić information content (AvgIpc) is 3.00. The molecule has 0 spiro atoms. The molecule has 1 aliphatic carbocycles. The lowest BCUT2D eigenvalue weighted by atomic mass is 9.93. The van der Waals surface area contributed by atoms with Gasteiger partial charge in [-0.3, -0.25) is 0 Å². The predicted octanol–water partition coefficient (Wildman–Crippen LogP) is 6.16. The van der Waals surface area contributed by atoms with Gasteiger partial charge in [0, 0.05) is 11.4 Å². The molecular formula is C22H31N. The van der Waals surface area contributed by atoms with Crippen LogP contribution < -0.4 is 5.32 Å². The Morgan fingerprint density at radius 3 is 2.57 bits per heavy atom. The van der Waals surface area contributed by atoms with Gasteiger partial charge in [-0.1, -0.05) is 57.0 Å². The van der Waals surface area contributed by atoms with Crippen molar-refractivity contribution in [2.24, 2.45) is 5.92 Å². The number of nitrogens with one attached hydrogen (secondary N) is 1. The monoisotopic (exact) mass is 309 g/mol. The summed E-state index contributed by atoms with van der Waals surface area (Å²) in [5.41, 5.74) is 7.21. The number of allylic oxidation sites excluding steroid dienone is 2. The Balaban J connectivity index is 2.08. The number of hydrogen-bond donors (Lipinski definition) is 1. The molecule has 1 aliphatic rings. The highest BCUT2D eigenvalue weighted by molar-refractivity contribution is 5.61. The van der Waals surface area contributed by atoms with Crippen LogP contribution in [0, 0.1) is 12.8 Å². The third kappa shape index (κ3) is 5.13. The summed E-state index contributed by atoms with van der Waals surface area (Å²) in [5, 5.41) is 3.20. The van der Waals surface area contributed by atoms with Crippen LogP contribution in [0.25, 0.3) is 6.08 Å². The van der Waals surface area contributed by atoms with Crippen LogP contribution in [0.3, 0.4) is 0 Å². The molecule has 0 saturated heterocycles. The molecule has 1 N–H and O–H groups in total. The minimum Gasteiger partial charge on any atom is -0.360 e. The van der Waals surface area contributed by atoms with Crippen molar-refractivity contribution in [2.75, 3.05) is 0 Å². The van der Waals surface area contributed by atoms with E-state index in [-0.39, 0.29) is 0 Å². The summed E-state index contributed by atoms with van der Waals surface area (Å²) in [6.07, 6.45) is 10.5. The molecule has 1 nitrogen and oxygen atoms in total. The van der Waals surface area contributed by atoms with E-state index in [1.165, 1.54) is 55.2 Å². The van der Waals surface area contributed by atoms with Crippen LogP contribution >= 0.6 is 0 Å². The summed E-state index contributed by atoms with van der Waals surface area (Å²) in [6.45, 7) is 14.3. The molecule has 0 aliphatic heterocycles. The van der Waals surface area contributed by atoms with Gasteiger partial charge in [0.1, 0.15) is 0 Å². The lowest BCUT2D eigenvalue weighted by molar-refractivity contribution is 0.503. The number of hydrogen-bond acceptors (Lipinski definition) is 1. The van der Waals surface area contributed by atoms with E-state index in [9.17, 15) is 0 Å². The predicted molar refractivity (Wildman–Crippen MR) is 102 cm³/mol. The van der Waals surface area contributed by atoms with Gasteiger partial charge in [0.15, 0.2) is 0 Å². The highest BCUT2D eigenvalue weighted by atomic mass is 14.9. The summed E-state index contributed by atoms with van der Waals surface area (Å²) in [5.74, 6) is 0.954.